The zero-order valence-corrected chi connectivity index (χ0v) is 15.5. The third kappa shape index (κ3) is 3.04. The fourth-order valence-electron chi connectivity index (χ4n) is 3.16. The summed E-state index contributed by atoms with van der Waals surface area (Å²) in [6, 6.07) is 13.4. The number of hydrogen-bond donors (Lipinski definition) is 1. The van der Waals surface area contributed by atoms with E-state index in [9.17, 15) is 9.90 Å². The van der Waals surface area contributed by atoms with Crippen LogP contribution in [0.1, 0.15) is 16.7 Å². The monoisotopic (exact) mass is 365 g/mol. The van der Waals surface area contributed by atoms with Gasteiger partial charge < -0.3 is 10.0 Å². The lowest BCUT2D eigenvalue weighted by molar-refractivity contribution is 0.474. The van der Waals surface area contributed by atoms with Gasteiger partial charge in [-0.25, -0.2) is 4.99 Å². The van der Waals surface area contributed by atoms with E-state index < -0.39 is 0 Å². The van der Waals surface area contributed by atoms with Crippen LogP contribution in [-0.2, 0) is 6.67 Å². The summed E-state index contributed by atoms with van der Waals surface area (Å²) in [5, 5.41) is 9.94. The number of hydrogen-bond acceptors (Lipinski definition) is 5. The first kappa shape index (κ1) is 16.6. The van der Waals surface area contributed by atoms with E-state index >= 15 is 0 Å². The van der Waals surface area contributed by atoms with E-state index in [4.69, 9.17) is 0 Å². The van der Waals surface area contributed by atoms with Gasteiger partial charge in [0.15, 0.2) is 4.80 Å². The summed E-state index contributed by atoms with van der Waals surface area (Å²) in [7, 11) is 0. The number of benzene rings is 2. The van der Waals surface area contributed by atoms with Crippen LogP contribution in [0.4, 0.5) is 5.69 Å². The molecule has 1 N–H and O–H groups in total. The normalized spacial score (nSPS) is 14.2. The van der Waals surface area contributed by atoms with Gasteiger partial charge in [-0.15, -0.1) is 0 Å². The molecule has 0 spiro atoms. The number of nitrogens with zero attached hydrogens (tertiary/aromatic N) is 3. The van der Waals surface area contributed by atoms with Crippen LogP contribution in [0.3, 0.4) is 0 Å². The Hall–Kier alpha value is -2.86. The smallest absolute Gasteiger partial charge is 0.271 e. The third-order valence-corrected chi connectivity index (χ3v) is 5.42. The summed E-state index contributed by atoms with van der Waals surface area (Å²) in [5.74, 6) is 0.164. The molecule has 132 valence electrons. The number of thiazole rings is 1. The molecule has 26 heavy (non-hydrogen) atoms. The highest BCUT2D eigenvalue weighted by atomic mass is 32.1. The number of anilines is 1. The maximum atomic E-state index is 12.8. The molecular weight excluding hydrogens is 346 g/mol. The highest BCUT2D eigenvalue weighted by Crippen LogP contribution is 2.20. The van der Waals surface area contributed by atoms with Crippen molar-refractivity contribution in [1.82, 2.24) is 4.57 Å². The van der Waals surface area contributed by atoms with E-state index in [0.29, 0.717) is 23.4 Å². The first-order valence-electron chi connectivity index (χ1n) is 8.38. The number of para-hydroxylation sites is 1. The maximum Gasteiger partial charge on any atom is 0.271 e. The lowest BCUT2D eigenvalue weighted by Gasteiger charge is -2.26. The molecule has 0 unspecified atom stereocenters. The molecule has 0 saturated carbocycles. The standard InChI is InChI=1S/C20H19N3O2S/c1-13-7-14(2)9-16(8-13)22-11-21-20-23(12-22)19(25)18(26-20)10-15-5-3-4-6-17(15)24/h3-10,24H,11-12H2,1-2H3. The molecule has 4 rings (SSSR count). The number of phenols is 1. The van der Waals surface area contributed by atoms with Crippen molar-refractivity contribution in [2.75, 3.05) is 11.6 Å². The third-order valence-electron chi connectivity index (χ3n) is 4.37. The van der Waals surface area contributed by atoms with Crippen molar-refractivity contribution in [2.45, 2.75) is 20.5 Å². The van der Waals surface area contributed by atoms with Crippen molar-refractivity contribution in [3.8, 4) is 5.75 Å². The lowest BCUT2D eigenvalue weighted by atomic mass is 10.1. The van der Waals surface area contributed by atoms with Crippen LogP contribution in [0.25, 0.3) is 6.08 Å². The highest BCUT2D eigenvalue weighted by molar-refractivity contribution is 7.07. The van der Waals surface area contributed by atoms with Crippen molar-refractivity contribution in [2.24, 2.45) is 4.99 Å². The summed E-state index contributed by atoms with van der Waals surface area (Å²) in [4.78, 5) is 20.2. The lowest BCUT2D eigenvalue weighted by Crippen LogP contribution is -2.42. The quantitative estimate of drug-likeness (QED) is 0.757. The van der Waals surface area contributed by atoms with Crippen molar-refractivity contribution >= 4 is 23.1 Å². The number of aryl methyl sites for hydroxylation is 2. The van der Waals surface area contributed by atoms with Gasteiger partial charge in [0, 0.05) is 11.3 Å². The van der Waals surface area contributed by atoms with E-state index in [2.05, 4.69) is 41.9 Å². The van der Waals surface area contributed by atoms with Crippen molar-refractivity contribution in [3.05, 3.63) is 78.8 Å². The molecule has 6 heteroatoms. The molecule has 5 nitrogen and oxygen atoms in total. The summed E-state index contributed by atoms with van der Waals surface area (Å²) in [5.41, 5.74) is 4.01. The van der Waals surface area contributed by atoms with Crippen LogP contribution in [0.15, 0.2) is 52.3 Å². The van der Waals surface area contributed by atoms with Gasteiger partial charge in [-0.05, 0) is 49.2 Å². The first-order chi connectivity index (χ1) is 12.5. The Balaban J connectivity index is 1.74. The summed E-state index contributed by atoms with van der Waals surface area (Å²) in [6.45, 7) is 5.14. The Bertz CT molecular complexity index is 1140. The summed E-state index contributed by atoms with van der Waals surface area (Å²) < 4.78 is 2.27. The molecule has 3 aromatic rings. The van der Waals surface area contributed by atoms with Gasteiger partial charge in [0.2, 0.25) is 0 Å². The minimum absolute atomic E-state index is 0.0777. The summed E-state index contributed by atoms with van der Waals surface area (Å²) in [6.07, 6.45) is 1.73. The van der Waals surface area contributed by atoms with E-state index in [1.54, 1.807) is 28.8 Å². The molecule has 2 aromatic carbocycles. The van der Waals surface area contributed by atoms with Gasteiger partial charge in [0.1, 0.15) is 19.1 Å². The largest absolute Gasteiger partial charge is 0.507 e. The van der Waals surface area contributed by atoms with Gasteiger partial charge in [-0.2, -0.15) is 0 Å². The van der Waals surface area contributed by atoms with E-state index in [1.807, 2.05) is 6.07 Å². The number of phenolic OH excluding ortho intramolecular Hbond substituents is 1. The first-order valence-corrected chi connectivity index (χ1v) is 9.20. The zero-order chi connectivity index (χ0) is 18.3. The predicted octanol–water partition coefficient (Wildman–Crippen LogP) is 2.12. The van der Waals surface area contributed by atoms with Crippen molar-refractivity contribution in [3.63, 3.8) is 0 Å². The number of aromatic nitrogens is 1. The second-order valence-corrected chi connectivity index (χ2v) is 7.52. The fourth-order valence-corrected chi connectivity index (χ4v) is 4.11. The number of rotatable bonds is 2. The number of aromatic hydroxyl groups is 1. The second kappa shape index (κ2) is 6.46. The molecular formula is C20H19N3O2S. The van der Waals surface area contributed by atoms with Gasteiger partial charge in [-0.3, -0.25) is 9.36 Å². The molecule has 0 aliphatic carbocycles. The van der Waals surface area contributed by atoms with E-state index in [-0.39, 0.29) is 11.3 Å². The second-order valence-electron chi connectivity index (χ2n) is 6.51. The predicted molar refractivity (Wildman–Crippen MR) is 104 cm³/mol. The van der Waals surface area contributed by atoms with Gasteiger partial charge >= 0.3 is 0 Å². The average Bonchev–Trinajstić information content (AvgIpc) is 2.91. The van der Waals surface area contributed by atoms with Crippen LogP contribution in [0.2, 0.25) is 0 Å². The van der Waals surface area contributed by atoms with Gasteiger partial charge in [0.25, 0.3) is 5.56 Å². The zero-order valence-electron chi connectivity index (χ0n) is 14.6. The number of fused-ring (bicyclic) bond motifs is 1. The molecule has 2 heterocycles. The van der Waals surface area contributed by atoms with Crippen LogP contribution in [0.5, 0.6) is 5.75 Å². The Morgan fingerprint density at radius 3 is 2.62 bits per heavy atom. The fraction of sp³-hybridized carbons (Fsp3) is 0.200. The molecule has 0 atom stereocenters. The molecule has 0 saturated heterocycles. The minimum Gasteiger partial charge on any atom is -0.507 e. The molecule has 1 aliphatic heterocycles. The average molecular weight is 365 g/mol. The molecule has 0 fully saturated rings. The molecule has 0 bridgehead atoms. The van der Waals surface area contributed by atoms with Crippen LogP contribution < -0.4 is 19.8 Å². The molecule has 1 aromatic heterocycles. The molecule has 0 radical (unpaired) electrons. The van der Waals surface area contributed by atoms with Crippen molar-refractivity contribution in [1.29, 1.82) is 0 Å². The van der Waals surface area contributed by atoms with Crippen LogP contribution in [0, 0.1) is 13.8 Å². The summed E-state index contributed by atoms with van der Waals surface area (Å²) >= 11 is 1.36. The van der Waals surface area contributed by atoms with E-state index in [0.717, 1.165) is 10.5 Å². The van der Waals surface area contributed by atoms with Gasteiger partial charge in [0.05, 0.1) is 4.53 Å². The highest BCUT2D eigenvalue weighted by Gasteiger charge is 2.16. The maximum absolute atomic E-state index is 12.8. The SMILES string of the molecule is Cc1cc(C)cc(N2CN=c3sc(=Cc4ccccc4O)c(=O)n3C2)c1. The Morgan fingerprint density at radius 2 is 1.88 bits per heavy atom. The van der Waals surface area contributed by atoms with Crippen LogP contribution >= 0.6 is 11.3 Å². The topological polar surface area (TPSA) is 57.8 Å². The Morgan fingerprint density at radius 1 is 1.15 bits per heavy atom. The molecule has 0 amide bonds. The Labute approximate surface area is 154 Å². The van der Waals surface area contributed by atoms with Gasteiger partial charge in [-0.1, -0.05) is 35.6 Å². The Kier molecular flexibility index (Phi) is 4.12. The van der Waals surface area contributed by atoms with Crippen molar-refractivity contribution < 1.29 is 5.11 Å². The molecule has 1 aliphatic rings. The van der Waals surface area contributed by atoms with E-state index in [1.165, 1.54) is 22.5 Å². The minimum atomic E-state index is -0.0777. The van der Waals surface area contributed by atoms with Crippen LogP contribution in [-0.4, -0.2) is 16.3 Å².